The summed E-state index contributed by atoms with van der Waals surface area (Å²) in [5.41, 5.74) is 2.90. The molecule has 2 aromatic rings. The van der Waals surface area contributed by atoms with Crippen molar-refractivity contribution in [2.24, 2.45) is 0 Å². The summed E-state index contributed by atoms with van der Waals surface area (Å²) in [7, 11) is 0. The molecule has 1 aliphatic rings. The third-order valence-electron chi connectivity index (χ3n) is 5.31. The SMILES string of the molecule is CCCCCCCCCCc1ccc(N2C(=O)c3ccccc3C2=O)cc1. The molecule has 0 saturated heterocycles. The summed E-state index contributed by atoms with van der Waals surface area (Å²) in [6.07, 6.45) is 11.6. The fourth-order valence-corrected chi connectivity index (χ4v) is 3.70. The van der Waals surface area contributed by atoms with Crippen LogP contribution in [0.5, 0.6) is 0 Å². The second-order valence-electron chi connectivity index (χ2n) is 7.38. The number of anilines is 1. The van der Waals surface area contributed by atoms with Crippen LogP contribution >= 0.6 is 0 Å². The quantitative estimate of drug-likeness (QED) is 0.374. The fourth-order valence-electron chi connectivity index (χ4n) is 3.70. The van der Waals surface area contributed by atoms with Gasteiger partial charge in [-0.25, -0.2) is 4.90 Å². The van der Waals surface area contributed by atoms with Crippen molar-refractivity contribution in [3.8, 4) is 0 Å². The van der Waals surface area contributed by atoms with Crippen LogP contribution in [0.1, 0.15) is 84.6 Å². The van der Waals surface area contributed by atoms with Crippen LogP contribution < -0.4 is 4.90 Å². The van der Waals surface area contributed by atoms with Crippen molar-refractivity contribution in [1.29, 1.82) is 0 Å². The van der Waals surface area contributed by atoms with Gasteiger partial charge in [-0.3, -0.25) is 9.59 Å². The maximum absolute atomic E-state index is 12.5. The lowest BCUT2D eigenvalue weighted by molar-refractivity contribution is 0.0926. The molecule has 0 aliphatic carbocycles. The number of aryl methyl sites for hydroxylation is 1. The van der Waals surface area contributed by atoms with Gasteiger partial charge in [0.1, 0.15) is 0 Å². The Morgan fingerprint density at radius 1 is 0.667 bits per heavy atom. The molecule has 0 unspecified atom stereocenters. The van der Waals surface area contributed by atoms with E-state index in [1.54, 1.807) is 24.3 Å². The predicted octanol–water partition coefficient (Wildman–Crippen LogP) is 6.17. The molecule has 3 nitrogen and oxygen atoms in total. The van der Waals surface area contributed by atoms with E-state index >= 15 is 0 Å². The number of hydrogen-bond donors (Lipinski definition) is 0. The van der Waals surface area contributed by atoms with Crippen LogP contribution in [0, 0.1) is 0 Å². The number of amides is 2. The number of nitrogens with zero attached hydrogens (tertiary/aromatic N) is 1. The summed E-state index contributed by atoms with van der Waals surface area (Å²) in [5, 5.41) is 0. The molecule has 3 heteroatoms. The van der Waals surface area contributed by atoms with E-state index in [2.05, 4.69) is 6.92 Å². The number of fused-ring (bicyclic) bond motifs is 1. The molecule has 0 bridgehead atoms. The first-order valence-corrected chi connectivity index (χ1v) is 10.3. The number of benzene rings is 2. The van der Waals surface area contributed by atoms with E-state index < -0.39 is 0 Å². The molecule has 0 radical (unpaired) electrons. The number of rotatable bonds is 10. The maximum Gasteiger partial charge on any atom is 0.266 e. The van der Waals surface area contributed by atoms with E-state index in [4.69, 9.17) is 0 Å². The average Bonchev–Trinajstić information content (AvgIpc) is 2.95. The Bertz CT molecular complexity index is 744. The Balaban J connectivity index is 1.48. The highest BCUT2D eigenvalue weighted by Crippen LogP contribution is 2.28. The van der Waals surface area contributed by atoms with Gasteiger partial charge in [0, 0.05) is 0 Å². The molecule has 0 spiro atoms. The Morgan fingerprint density at radius 3 is 1.74 bits per heavy atom. The molecule has 1 heterocycles. The molecule has 1 aliphatic heterocycles. The minimum atomic E-state index is -0.230. The first kappa shape index (κ1) is 19.3. The van der Waals surface area contributed by atoms with Crippen molar-refractivity contribution in [1.82, 2.24) is 0 Å². The summed E-state index contributed by atoms with van der Waals surface area (Å²) in [6.45, 7) is 2.25. The van der Waals surface area contributed by atoms with Crippen molar-refractivity contribution in [2.75, 3.05) is 4.90 Å². The largest absolute Gasteiger partial charge is 0.268 e. The zero-order chi connectivity index (χ0) is 19.1. The zero-order valence-corrected chi connectivity index (χ0v) is 16.2. The average molecular weight is 364 g/mol. The Hall–Kier alpha value is -2.42. The highest BCUT2D eigenvalue weighted by Gasteiger charge is 2.36. The molecule has 2 aromatic carbocycles. The van der Waals surface area contributed by atoms with Crippen LogP contribution in [0.4, 0.5) is 5.69 Å². The van der Waals surface area contributed by atoms with Crippen LogP contribution in [0.3, 0.4) is 0 Å². The minimum absolute atomic E-state index is 0.230. The lowest BCUT2D eigenvalue weighted by atomic mass is 10.0. The lowest BCUT2D eigenvalue weighted by Gasteiger charge is -2.14. The molecular weight excluding hydrogens is 334 g/mol. The topological polar surface area (TPSA) is 37.4 Å². The van der Waals surface area contributed by atoms with Crippen LogP contribution in [0.25, 0.3) is 0 Å². The van der Waals surface area contributed by atoms with E-state index in [9.17, 15) is 9.59 Å². The van der Waals surface area contributed by atoms with Gasteiger partial charge < -0.3 is 0 Å². The lowest BCUT2D eigenvalue weighted by Crippen LogP contribution is -2.29. The maximum atomic E-state index is 12.5. The van der Waals surface area contributed by atoms with Crippen LogP contribution in [0.2, 0.25) is 0 Å². The van der Waals surface area contributed by atoms with Gasteiger partial charge in [0.25, 0.3) is 11.8 Å². The normalized spacial score (nSPS) is 13.3. The molecular formula is C24H29NO2. The van der Waals surface area contributed by atoms with Crippen LogP contribution in [-0.2, 0) is 6.42 Å². The van der Waals surface area contributed by atoms with E-state index in [-0.39, 0.29) is 11.8 Å². The van der Waals surface area contributed by atoms with Crippen molar-refractivity contribution >= 4 is 17.5 Å². The van der Waals surface area contributed by atoms with Gasteiger partial charge in [-0.15, -0.1) is 0 Å². The number of carbonyl (C=O) groups excluding carboxylic acids is 2. The van der Waals surface area contributed by atoms with Crippen molar-refractivity contribution in [3.63, 3.8) is 0 Å². The molecule has 3 rings (SSSR count). The molecule has 0 N–H and O–H groups in total. The summed E-state index contributed by atoms with van der Waals surface area (Å²) in [5.74, 6) is -0.460. The highest BCUT2D eigenvalue weighted by atomic mass is 16.2. The standard InChI is InChI=1S/C24H29NO2/c1-2-3-4-5-6-7-8-9-12-19-15-17-20(18-16-19)25-23(26)21-13-10-11-14-22(21)24(25)27/h10-11,13-18H,2-9,12H2,1H3. The molecule has 0 atom stereocenters. The molecule has 27 heavy (non-hydrogen) atoms. The van der Waals surface area contributed by atoms with Crippen molar-refractivity contribution in [2.45, 2.75) is 64.7 Å². The predicted molar refractivity (Wildman–Crippen MR) is 110 cm³/mol. The first-order valence-electron chi connectivity index (χ1n) is 10.3. The Morgan fingerprint density at radius 2 is 1.19 bits per heavy atom. The third kappa shape index (κ3) is 4.65. The van der Waals surface area contributed by atoms with Gasteiger partial charge in [0.2, 0.25) is 0 Å². The first-order chi connectivity index (χ1) is 13.2. The van der Waals surface area contributed by atoms with E-state index in [1.165, 1.54) is 61.8 Å². The van der Waals surface area contributed by atoms with Crippen LogP contribution in [-0.4, -0.2) is 11.8 Å². The van der Waals surface area contributed by atoms with Gasteiger partial charge in [0.15, 0.2) is 0 Å². The molecule has 0 aromatic heterocycles. The number of imide groups is 1. The van der Waals surface area contributed by atoms with Gasteiger partial charge >= 0.3 is 0 Å². The molecule has 0 saturated carbocycles. The molecule has 2 amide bonds. The number of hydrogen-bond acceptors (Lipinski definition) is 2. The van der Waals surface area contributed by atoms with E-state index in [0.29, 0.717) is 16.8 Å². The second kappa shape index (κ2) is 9.50. The Labute approximate surface area is 162 Å². The van der Waals surface area contributed by atoms with Gasteiger partial charge in [-0.1, -0.05) is 76.1 Å². The second-order valence-corrected chi connectivity index (χ2v) is 7.38. The van der Waals surface area contributed by atoms with Crippen molar-refractivity contribution < 1.29 is 9.59 Å². The summed E-state index contributed by atoms with van der Waals surface area (Å²) in [4.78, 5) is 26.4. The van der Waals surface area contributed by atoms with Crippen LogP contribution in [0.15, 0.2) is 48.5 Å². The monoisotopic (exact) mass is 363 g/mol. The highest BCUT2D eigenvalue weighted by molar-refractivity contribution is 6.34. The number of carbonyl (C=O) groups is 2. The Kier molecular flexibility index (Phi) is 6.80. The molecule has 142 valence electrons. The van der Waals surface area contributed by atoms with Gasteiger partial charge in [-0.05, 0) is 42.7 Å². The third-order valence-corrected chi connectivity index (χ3v) is 5.31. The summed E-state index contributed by atoms with van der Waals surface area (Å²) >= 11 is 0. The minimum Gasteiger partial charge on any atom is -0.268 e. The van der Waals surface area contributed by atoms with E-state index in [1.807, 2.05) is 24.3 Å². The summed E-state index contributed by atoms with van der Waals surface area (Å²) < 4.78 is 0. The smallest absolute Gasteiger partial charge is 0.266 e. The van der Waals surface area contributed by atoms with E-state index in [0.717, 1.165) is 6.42 Å². The zero-order valence-electron chi connectivity index (χ0n) is 16.2. The van der Waals surface area contributed by atoms with Gasteiger partial charge in [0.05, 0.1) is 16.8 Å². The number of unbranched alkanes of at least 4 members (excludes halogenated alkanes) is 7. The molecule has 0 fully saturated rings. The van der Waals surface area contributed by atoms with Gasteiger partial charge in [-0.2, -0.15) is 0 Å². The fraction of sp³-hybridized carbons (Fsp3) is 0.417. The summed E-state index contributed by atoms with van der Waals surface area (Å²) in [6, 6.07) is 14.9. The van der Waals surface area contributed by atoms with Crippen molar-refractivity contribution in [3.05, 3.63) is 65.2 Å².